The second kappa shape index (κ2) is 28.3. The van der Waals surface area contributed by atoms with Crippen molar-refractivity contribution >= 4 is 79.5 Å². The lowest BCUT2D eigenvalue weighted by Crippen LogP contribution is -2.54. The Morgan fingerprint density at radius 2 is 1.57 bits per heavy atom. The second-order valence-electron chi connectivity index (χ2n) is 23.4. The van der Waals surface area contributed by atoms with Crippen LogP contribution in [0.4, 0.5) is 30.2 Å². The van der Waals surface area contributed by atoms with Gasteiger partial charge in [0, 0.05) is 113 Å². The number of imide groups is 2. The molecule has 0 bridgehead atoms. The van der Waals surface area contributed by atoms with E-state index in [-0.39, 0.29) is 59.1 Å². The fourth-order valence-corrected chi connectivity index (χ4v) is 13.2. The summed E-state index contributed by atoms with van der Waals surface area (Å²) < 4.78 is 73.2. The van der Waals surface area contributed by atoms with Crippen LogP contribution >= 0.6 is 11.6 Å². The molecule has 5 aliphatic rings. The molecule has 4 heterocycles. The lowest BCUT2D eigenvalue weighted by Gasteiger charge is -2.41. The number of nitrogens with zero attached hydrogens (tertiary/aromatic N) is 4. The molecule has 5 N–H and O–H groups in total. The van der Waals surface area contributed by atoms with Crippen LogP contribution in [-0.2, 0) is 35.5 Å². The SMILES string of the molecule is CC[C@@H](CCN1CCOCC1)Nc1ccc(CNC(=O)c2ccc(N3CCN(CC4=C(c5ccc(Cl)cc5)CCC(C)(CNC(=O)CCCCCCNc5cccc6c5C(=O)N(C5CCC(=O)NC5=O)C6=O)C4)CC3)cc2)cc1S(=O)(=O)C(F)(F)F. The van der Waals surface area contributed by atoms with Crippen LogP contribution in [0.25, 0.3) is 5.57 Å². The number of hydrogen-bond donors (Lipinski definition) is 5. The Morgan fingerprint density at radius 1 is 0.837 bits per heavy atom. The van der Waals surface area contributed by atoms with Gasteiger partial charge in [-0.05, 0) is 134 Å². The molecular weight excluding hydrogens is 1150 g/mol. The van der Waals surface area contributed by atoms with Crippen molar-refractivity contribution in [2.24, 2.45) is 5.41 Å². The molecule has 3 atom stereocenters. The molecule has 4 aromatic rings. The first-order valence-electron chi connectivity index (χ1n) is 29.9. The minimum Gasteiger partial charge on any atom is -0.384 e. The number of alkyl halides is 3. The molecule has 4 aromatic carbocycles. The number of unbranched alkanes of at least 4 members (excludes halogenated alkanes) is 3. The maximum absolute atomic E-state index is 14.0. The third-order valence-corrected chi connectivity index (χ3v) is 19.0. The summed E-state index contributed by atoms with van der Waals surface area (Å²) in [4.78, 5) is 84.5. The number of carbonyl (C=O) groups excluding carboxylic acids is 6. The molecule has 0 saturated carbocycles. The van der Waals surface area contributed by atoms with E-state index in [0.29, 0.717) is 68.4 Å². The van der Waals surface area contributed by atoms with Gasteiger partial charge < -0.3 is 30.9 Å². The molecule has 0 spiro atoms. The molecule has 6 amide bonds. The van der Waals surface area contributed by atoms with E-state index in [0.717, 1.165) is 113 Å². The fraction of sp³-hybridized carbons (Fsp3) is 0.492. The Bertz CT molecular complexity index is 3280. The van der Waals surface area contributed by atoms with Crippen molar-refractivity contribution < 1.29 is 55.1 Å². The summed E-state index contributed by atoms with van der Waals surface area (Å²) in [6.45, 7) is 12.3. The molecule has 23 heteroatoms. The average Bonchev–Trinajstić information content (AvgIpc) is 1.63. The number of nitrogens with one attached hydrogen (secondary N) is 5. The quantitative estimate of drug-likeness (QED) is 0.0310. The van der Waals surface area contributed by atoms with Crippen LogP contribution in [0.1, 0.15) is 133 Å². The van der Waals surface area contributed by atoms with Crippen molar-refractivity contribution in [2.45, 2.75) is 120 Å². The summed E-state index contributed by atoms with van der Waals surface area (Å²) in [6.07, 6.45) is 7.43. The number of ether oxygens (including phenoxy) is 1. The summed E-state index contributed by atoms with van der Waals surface area (Å²) >= 11 is 6.32. The Morgan fingerprint density at radius 3 is 2.28 bits per heavy atom. The molecule has 462 valence electrons. The molecule has 18 nitrogen and oxygen atoms in total. The van der Waals surface area contributed by atoms with Gasteiger partial charge in [-0.15, -0.1) is 0 Å². The van der Waals surface area contributed by atoms with Gasteiger partial charge in [0.1, 0.15) is 6.04 Å². The number of fused-ring (bicyclic) bond motifs is 1. The molecule has 1 aliphatic carbocycles. The predicted molar refractivity (Wildman–Crippen MR) is 324 cm³/mol. The van der Waals surface area contributed by atoms with E-state index in [4.69, 9.17) is 16.3 Å². The number of carbonyl (C=O) groups is 6. The molecule has 86 heavy (non-hydrogen) atoms. The molecule has 3 fully saturated rings. The standard InChI is InChI=1S/C63H77ClF3N9O9S/c1-3-47(25-28-73-33-35-85-36-34-73)71-51-21-12-42(37-54(51)86(83,84)63(65,66)67)39-69-58(79)44-15-19-48(20-16-44)75-31-29-74(30-32-75)40-45-38-62(2,26-24-49(45)43-13-17-46(64)18-14-43)41-70-55(77)11-6-4-5-7-27-68-52-10-8-9-50-57(52)61(82)76(60(50)81)53-22-23-56(78)72-59(53)80/h8-10,12-21,37,47,53,68,71H,3-7,11,22-36,38-41H2,1-2H3,(H,69,79)(H,70,77)(H,72,78,80)/t47-,53?,62?/m0/s1. The van der Waals surface area contributed by atoms with Gasteiger partial charge >= 0.3 is 5.51 Å². The highest BCUT2D eigenvalue weighted by Gasteiger charge is 2.49. The van der Waals surface area contributed by atoms with Crippen LogP contribution < -0.4 is 31.5 Å². The topological polar surface area (TPSA) is 219 Å². The fourth-order valence-electron chi connectivity index (χ4n) is 12.1. The number of rotatable bonds is 25. The Balaban J connectivity index is 0.723. The minimum absolute atomic E-state index is 0.0121. The summed E-state index contributed by atoms with van der Waals surface area (Å²) in [5, 5.41) is 15.2. The number of sulfone groups is 1. The monoisotopic (exact) mass is 1230 g/mol. The van der Waals surface area contributed by atoms with Crippen molar-refractivity contribution in [2.75, 3.05) is 94.2 Å². The molecule has 0 aromatic heterocycles. The van der Waals surface area contributed by atoms with Crippen LogP contribution in [0.3, 0.4) is 0 Å². The van der Waals surface area contributed by atoms with Crippen LogP contribution in [0.5, 0.6) is 0 Å². The van der Waals surface area contributed by atoms with Gasteiger partial charge in [0.05, 0.1) is 34.9 Å². The molecule has 3 saturated heterocycles. The minimum atomic E-state index is -5.73. The largest absolute Gasteiger partial charge is 0.501 e. The number of allylic oxidation sites excluding steroid dienone is 1. The van der Waals surface area contributed by atoms with Crippen molar-refractivity contribution in [3.8, 4) is 0 Å². The lowest BCUT2D eigenvalue weighted by molar-refractivity contribution is -0.136. The van der Waals surface area contributed by atoms with E-state index < -0.39 is 55.8 Å². The Kier molecular flexibility index (Phi) is 21.0. The van der Waals surface area contributed by atoms with E-state index in [1.165, 1.54) is 23.3 Å². The zero-order valence-electron chi connectivity index (χ0n) is 48.8. The highest BCUT2D eigenvalue weighted by atomic mass is 35.5. The molecule has 2 unspecified atom stereocenters. The van der Waals surface area contributed by atoms with E-state index in [1.54, 1.807) is 30.3 Å². The number of amides is 6. The van der Waals surface area contributed by atoms with Crippen molar-refractivity contribution in [3.05, 3.63) is 123 Å². The maximum Gasteiger partial charge on any atom is 0.501 e. The predicted octanol–water partition coefficient (Wildman–Crippen LogP) is 8.82. The van der Waals surface area contributed by atoms with Gasteiger partial charge in [0.2, 0.25) is 17.7 Å². The number of piperidine rings is 1. The Hall–Kier alpha value is -6.85. The highest BCUT2D eigenvalue weighted by Crippen LogP contribution is 2.44. The zero-order chi connectivity index (χ0) is 61.2. The van der Waals surface area contributed by atoms with E-state index in [9.17, 15) is 50.4 Å². The molecular formula is C63H77ClF3N9O9S. The summed E-state index contributed by atoms with van der Waals surface area (Å²) in [5.74, 6) is -2.63. The smallest absolute Gasteiger partial charge is 0.384 e. The summed E-state index contributed by atoms with van der Waals surface area (Å²) in [6, 6.07) is 22.7. The van der Waals surface area contributed by atoms with Crippen LogP contribution in [-0.4, -0.2) is 155 Å². The van der Waals surface area contributed by atoms with Crippen molar-refractivity contribution in [1.82, 2.24) is 30.7 Å². The number of benzene rings is 4. The van der Waals surface area contributed by atoms with E-state index in [2.05, 4.69) is 60.3 Å². The summed E-state index contributed by atoms with van der Waals surface area (Å²) in [5.41, 5.74) is 0.408. The third kappa shape index (κ3) is 15.6. The van der Waals surface area contributed by atoms with Crippen LogP contribution in [0, 0.1) is 5.41 Å². The number of halogens is 4. The molecule has 0 radical (unpaired) electrons. The normalized spacial score (nSPS) is 20.2. The third-order valence-electron chi connectivity index (χ3n) is 17.2. The van der Waals surface area contributed by atoms with Gasteiger partial charge in [0.25, 0.3) is 27.6 Å². The molecule has 9 rings (SSSR count). The lowest BCUT2D eigenvalue weighted by atomic mass is 9.71. The van der Waals surface area contributed by atoms with Gasteiger partial charge in [-0.2, -0.15) is 13.2 Å². The van der Waals surface area contributed by atoms with Crippen molar-refractivity contribution in [3.63, 3.8) is 0 Å². The first kappa shape index (κ1) is 63.6. The van der Waals surface area contributed by atoms with Gasteiger partial charge in [-0.25, -0.2) is 8.42 Å². The average molecular weight is 1230 g/mol. The van der Waals surface area contributed by atoms with Gasteiger partial charge in [-0.3, -0.25) is 48.8 Å². The number of piperazine rings is 1. The summed E-state index contributed by atoms with van der Waals surface area (Å²) in [7, 11) is -5.73. The number of hydrogen-bond acceptors (Lipinski definition) is 14. The maximum atomic E-state index is 14.0. The molecule has 4 aliphatic heterocycles. The Labute approximate surface area is 505 Å². The van der Waals surface area contributed by atoms with Gasteiger partial charge in [0.15, 0.2) is 0 Å². The zero-order valence-corrected chi connectivity index (χ0v) is 50.4. The van der Waals surface area contributed by atoms with Crippen molar-refractivity contribution in [1.29, 1.82) is 0 Å². The van der Waals surface area contributed by atoms with Crippen LogP contribution in [0.2, 0.25) is 5.02 Å². The number of morpholine rings is 1. The first-order chi connectivity index (χ1) is 41.2. The van der Waals surface area contributed by atoms with Crippen LogP contribution in [0.15, 0.2) is 95.4 Å². The van der Waals surface area contributed by atoms with Gasteiger partial charge in [-0.1, -0.05) is 68.1 Å². The van der Waals surface area contributed by atoms with E-state index >= 15 is 0 Å². The van der Waals surface area contributed by atoms with E-state index in [1.807, 2.05) is 31.2 Å². The number of anilines is 3. The highest BCUT2D eigenvalue weighted by molar-refractivity contribution is 7.92. The second-order valence-corrected chi connectivity index (χ2v) is 25.7. The first-order valence-corrected chi connectivity index (χ1v) is 31.7.